The zero-order valence-electron chi connectivity index (χ0n) is 12.9. The van der Waals surface area contributed by atoms with Gasteiger partial charge in [-0.05, 0) is 52.7 Å². The molecule has 1 heterocycles. The Balaban J connectivity index is 0.00000180. The van der Waals surface area contributed by atoms with Gasteiger partial charge in [0.1, 0.15) is 18.8 Å². The van der Waals surface area contributed by atoms with E-state index < -0.39 is 0 Å². The van der Waals surface area contributed by atoms with Gasteiger partial charge in [-0.2, -0.15) is 0 Å². The molecule has 2 rings (SSSR count). The Hall–Kier alpha value is -1.02. The van der Waals surface area contributed by atoms with Crippen molar-refractivity contribution in [2.45, 2.75) is 41.5 Å². The third-order valence-corrected chi connectivity index (χ3v) is 3.51. The highest BCUT2D eigenvalue weighted by molar-refractivity contribution is 5.84. The van der Waals surface area contributed by atoms with E-state index in [4.69, 9.17) is 0 Å². The van der Waals surface area contributed by atoms with Crippen molar-refractivity contribution in [2.75, 3.05) is 13.1 Å². The van der Waals surface area contributed by atoms with Gasteiger partial charge in [0.15, 0.2) is 0 Å². The van der Waals surface area contributed by atoms with Crippen LogP contribution in [0.5, 0.6) is 0 Å². The van der Waals surface area contributed by atoms with Crippen LogP contribution in [0.4, 0.5) is 5.69 Å². The standard InChI is InChI=1S/C16H24N2.ClH/c1-11-9-12(2)14(13(3)10-11)18-8-7-17-15(18)16(4,5)6;/h9-10H,7-8H2,1-6H3;1H. The topological polar surface area (TPSA) is 15.0 Å². The SMILES string of the molecule is Cc1cc(C)c([N+]2=C(C(C)(C)C)NCC2)c(C)c1.[Cl-]. The minimum atomic E-state index is 0. The third kappa shape index (κ3) is 3.11. The molecule has 0 radical (unpaired) electrons. The average molecular weight is 281 g/mol. The first-order valence-corrected chi connectivity index (χ1v) is 6.77. The van der Waals surface area contributed by atoms with Crippen LogP contribution in [0.25, 0.3) is 0 Å². The minimum Gasteiger partial charge on any atom is -1.00 e. The quantitative estimate of drug-likeness (QED) is 0.732. The molecule has 1 aliphatic rings. The fourth-order valence-electron chi connectivity index (χ4n) is 2.99. The average Bonchev–Trinajstić information content (AvgIpc) is 2.63. The largest absolute Gasteiger partial charge is 1.00 e. The highest BCUT2D eigenvalue weighted by Gasteiger charge is 2.34. The van der Waals surface area contributed by atoms with Gasteiger partial charge >= 0.3 is 0 Å². The normalized spacial score (nSPS) is 15.3. The van der Waals surface area contributed by atoms with Crippen molar-refractivity contribution in [3.63, 3.8) is 0 Å². The minimum absolute atomic E-state index is 0. The fraction of sp³-hybridized carbons (Fsp3) is 0.562. The van der Waals surface area contributed by atoms with Crippen molar-refractivity contribution in [3.05, 3.63) is 28.8 Å². The smallest absolute Gasteiger partial charge is 0.255 e. The van der Waals surface area contributed by atoms with Gasteiger partial charge in [0.2, 0.25) is 0 Å². The highest BCUT2D eigenvalue weighted by Crippen LogP contribution is 2.28. The van der Waals surface area contributed by atoms with Crippen LogP contribution in [-0.2, 0) is 0 Å². The third-order valence-electron chi connectivity index (χ3n) is 3.51. The van der Waals surface area contributed by atoms with Crippen LogP contribution >= 0.6 is 0 Å². The zero-order valence-corrected chi connectivity index (χ0v) is 13.7. The Morgan fingerprint density at radius 3 is 2.05 bits per heavy atom. The molecular formula is C16H25ClN2. The Kier molecular flexibility index (Phi) is 4.67. The molecule has 0 atom stereocenters. The summed E-state index contributed by atoms with van der Waals surface area (Å²) >= 11 is 0. The second kappa shape index (κ2) is 5.54. The summed E-state index contributed by atoms with van der Waals surface area (Å²) in [5.41, 5.74) is 5.64. The van der Waals surface area contributed by atoms with Crippen LogP contribution in [-0.4, -0.2) is 23.5 Å². The second-order valence-electron chi connectivity index (χ2n) is 6.42. The molecule has 0 saturated carbocycles. The Morgan fingerprint density at radius 2 is 1.58 bits per heavy atom. The lowest BCUT2D eigenvalue weighted by molar-refractivity contribution is -0.433. The Labute approximate surface area is 123 Å². The number of benzene rings is 1. The summed E-state index contributed by atoms with van der Waals surface area (Å²) < 4.78 is 2.46. The monoisotopic (exact) mass is 280 g/mol. The first-order chi connectivity index (χ1) is 8.30. The molecule has 0 spiro atoms. The van der Waals surface area contributed by atoms with Crippen LogP contribution in [0.3, 0.4) is 0 Å². The van der Waals surface area contributed by atoms with E-state index in [0.29, 0.717) is 0 Å². The molecule has 3 heteroatoms. The van der Waals surface area contributed by atoms with Crippen LogP contribution in [0.1, 0.15) is 37.5 Å². The van der Waals surface area contributed by atoms with Crippen molar-refractivity contribution in [3.8, 4) is 0 Å². The van der Waals surface area contributed by atoms with Crippen LogP contribution in [0, 0.1) is 26.2 Å². The highest BCUT2D eigenvalue weighted by atomic mass is 35.5. The Bertz CT molecular complexity index is 487. The van der Waals surface area contributed by atoms with Gasteiger partial charge in [-0.25, -0.2) is 4.58 Å². The molecule has 0 fully saturated rings. The van der Waals surface area contributed by atoms with Gasteiger partial charge in [-0.1, -0.05) is 17.7 Å². The lowest BCUT2D eigenvalue weighted by Gasteiger charge is -2.18. The summed E-state index contributed by atoms with van der Waals surface area (Å²) in [5, 5.41) is 3.56. The number of rotatable bonds is 1. The van der Waals surface area contributed by atoms with Gasteiger partial charge in [0.05, 0.1) is 5.41 Å². The van der Waals surface area contributed by atoms with Crippen molar-refractivity contribution in [2.24, 2.45) is 5.41 Å². The number of hydrogen-bond acceptors (Lipinski definition) is 1. The number of hydrogen-bond donors (Lipinski definition) is 1. The molecule has 0 amide bonds. The first-order valence-electron chi connectivity index (χ1n) is 6.77. The van der Waals surface area contributed by atoms with Gasteiger partial charge in [0.25, 0.3) is 5.84 Å². The summed E-state index contributed by atoms with van der Waals surface area (Å²) in [5.74, 6) is 1.34. The van der Waals surface area contributed by atoms with Crippen LogP contribution < -0.4 is 17.7 Å². The molecule has 0 aromatic heterocycles. The summed E-state index contributed by atoms with van der Waals surface area (Å²) in [4.78, 5) is 0. The first kappa shape index (κ1) is 16.0. The molecule has 1 aromatic carbocycles. The Morgan fingerprint density at radius 1 is 1.05 bits per heavy atom. The molecule has 1 aliphatic heterocycles. The number of aryl methyl sites for hydroxylation is 3. The van der Waals surface area contributed by atoms with E-state index in [1.54, 1.807) is 0 Å². The van der Waals surface area contributed by atoms with E-state index in [1.165, 1.54) is 28.2 Å². The number of halogens is 1. The van der Waals surface area contributed by atoms with Gasteiger partial charge < -0.3 is 12.4 Å². The summed E-state index contributed by atoms with van der Waals surface area (Å²) in [6, 6.07) is 4.56. The number of nitrogens with zero attached hydrogens (tertiary/aromatic N) is 1. The van der Waals surface area contributed by atoms with E-state index in [9.17, 15) is 0 Å². The molecule has 0 unspecified atom stereocenters. The van der Waals surface area contributed by atoms with E-state index in [2.05, 4.69) is 63.6 Å². The maximum atomic E-state index is 3.56. The zero-order chi connectivity index (χ0) is 13.5. The van der Waals surface area contributed by atoms with Crippen LogP contribution in [0.2, 0.25) is 0 Å². The van der Waals surface area contributed by atoms with Crippen LogP contribution in [0.15, 0.2) is 12.1 Å². The molecule has 0 saturated heterocycles. The van der Waals surface area contributed by atoms with E-state index in [0.717, 1.165) is 13.1 Å². The lowest BCUT2D eigenvalue weighted by atomic mass is 9.94. The second-order valence-corrected chi connectivity index (χ2v) is 6.42. The van der Waals surface area contributed by atoms with Crippen molar-refractivity contribution >= 4 is 11.5 Å². The van der Waals surface area contributed by atoms with E-state index in [1.807, 2.05) is 0 Å². The van der Waals surface area contributed by atoms with Crippen molar-refractivity contribution in [1.82, 2.24) is 5.32 Å². The van der Waals surface area contributed by atoms with E-state index in [-0.39, 0.29) is 17.8 Å². The summed E-state index contributed by atoms with van der Waals surface area (Å²) in [6.45, 7) is 15.5. The summed E-state index contributed by atoms with van der Waals surface area (Å²) in [6.07, 6.45) is 0. The molecule has 0 bridgehead atoms. The molecule has 106 valence electrons. The predicted octanol–water partition coefficient (Wildman–Crippen LogP) is 0.308. The predicted molar refractivity (Wildman–Crippen MR) is 77.9 cm³/mol. The molecule has 19 heavy (non-hydrogen) atoms. The van der Waals surface area contributed by atoms with Crippen molar-refractivity contribution in [1.29, 1.82) is 0 Å². The number of nitrogens with one attached hydrogen (secondary N) is 1. The maximum Gasteiger partial charge on any atom is 0.255 e. The molecule has 0 aliphatic carbocycles. The van der Waals surface area contributed by atoms with Gasteiger partial charge in [-0.15, -0.1) is 0 Å². The van der Waals surface area contributed by atoms with Gasteiger partial charge in [-0.3, -0.25) is 5.32 Å². The maximum absolute atomic E-state index is 3.56. The molecule has 2 nitrogen and oxygen atoms in total. The number of amidine groups is 1. The van der Waals surface area contributed by atoms with Crippen molar-refractivity contribution < 1.29 is 17.0 Å². The fourth-order valence-corrected chi connectivity index (χ4v) is 2.99. The molecular weight excluding hydrogens is 256 g/mol. The van der Waals surface area contributed by atoms with E-state index >= 15 is 0 Å². The molecule has 1 aromatic rings. The molecule has 1 N–H and O–H groups in total. The lowest BCUT2D eigenvalue weighted by Crippen LogP contribution is -3.00. The van der Waals surface area contributed by atoms with Gasteiger partial charge in [0, 0.05) is 0 Å². The summed E-state index contributed by atoms with van der Waals surface area (Å²) in [7, 11) is 0.